The van der Waals surface area contributed by atoms with Gasteiger partial charge in [-0.1, -0.05) is 38.1 Å². The van der Waals surface area contributed by atoms with Gasteiger partial charge < -0.3 is 29.8 Å². The van der Waals surface area contributed by atoms with Crippen molar-refractivity contribution in [3.8, 4) is 0 Å². The number of carboxylic acids is 1. The molecule has 0 amide bonds. The van der Waals surface area contributed by atoms with Crippen LogP contribution in [0.3, 0.4) is 0 Å². The van der Waals surface area contributed by atoms with Gasteiger partial charge in [-0.2, -0.15) is 0 Å². The fourth-order valence-electron chi connectivity index (χ4n) is 7.23. The molecule has 2 aliphatic heterocycles. The molecule has 1 unspecified atom stereocenters. The van der Waals surface area contributed by atoms with Gasteiger partial charge in [-0.25, -0.2) is 9.97 Å². The third-order valence-electron chi connectivity index (χ3n) is 9.95. The van der Waals surface area contributed by atoms with Gasteiger partial charge in [0.05, 0.1) is 6.04 Å². The predicted molar refractivity (Wildman–Crippen MR) is 170 cm³/mol. The van der Waals surface area contributed by atoms with Crippen LogP contribution in [0.25, 0.3) is 0 Å². The summed E-state index contributed by atoms with van der Waals surface area (Å²) in [5, 5.41) is 12.6. The number of nitrogens with zero attached hydrogens (tertiary/aromatic N) is 5. The Balaban J connectivity index is 1.10. The molecule has 4 heterocycles. The minimum atomic E-state index is -0.765. The van der Waals surface area contributed by atoms with Crippen LogP contribution in [0.5, 0.6) is 0 Å². The number of hydrogen-bond acceptors (Lipinski definition) is 6. The van der Waals surface area contributed by atoms with Crippen LogP contribution in [0.15, 0.2) is 49.1 Å². The number of carbonyl (C=O) groups is 1. The fourth-order valence-corrected chi connectivity index (χ4v) is 7.23. The van der Waals surface area contributed by atoms with Crippen molar-refractivity contribution in [2.45, 2.75) is 96.8 Å². The van der Waals surface area contributed by atoms with Crippen LogP contribution in [-0.4, -0.2) is 79.2 Å². The molecule has 43 heavy (non-hydrogen) atoms. The number of rotatable bonds is 16. The molecule has 1 spiro atoms. The lowest BCUT2D eigenvalue weighted by atomic mass is 9.77. The Hall–Kier alpha value is -3.01. The smallest absolute Gasteiger partial charge is 0.303 e. The number of likely N-dealkylation sites (tertiary alicyclic amines) is 2. The number of aromatic nitrogens is 4. The molecule has 3 aromatic rings. The highest BCUT2D eigenvalue weighted by atomic mass is 16.4. The monoisotopic (exact) mass is 589 g/mol. The van der Waals surface area contributed by atoms with E-state index >= 15 is 0 Å². The van der Waals surface area contributed by atoms with Crippen molar-refractivity contribution in [1.82, 2.24) is 34.6 Å². The highest BCUT2D eigenvalue weighted by molar-refractivity contribution is 5.67. The van der Waals surface area contributed by atoms with Gasteiger partial charge in [0, 0.05) is 63.3 Å². The SMILES string of the molecule is CCC(CC)N1CCC2(CCN(CCCn3ccnc3CC(NCc3ccc(CCC(=O)O)cc3)c3ncc[nH]3)C2)CC1. The molecule has 5 rings (SSSR count). The molecular weight excluding hydrogens is 538 g/mol. The Bertz CT molecular complexity index is 1240. The zero-order valence-corrected chi connectivity index (χ0v) is 26.2. The Morgan fingerprint density at radius 1 is 1.02 bits per heavy atom. The van der Waals surface area contributed by atoms with E-state index < -0.39 is 5.97 Å². The van der Waals surface area contributed by atoms with Gasteiger partial charge in [0.15, 0.2) is 0 Å². The first-order chi connectivity index (χ1) is 21.0. The van der Waals surface area contributed by atoms with Crippen LogP contribution in [0.2, 0.25) is 0 Å². The zero-order chi connectivity index (χ0) is 30.1. The molecule has 2 fully saturated rings. The van der Waals surface area contributed by atoms with Gasteiger partial charge in [-0.05, 0) is 87.7 Å². The summed E-state index contributed by atoms with van der Waals surface area (Å²) in [5.74, 6) is 1.22. The van der Waals surface area contributed by atoms with Gasteiger partial charge in [-0.3, -0.25) is 4.79 Å². The van der Waals surface area contributed by atoms with Crippen molar-refractivity contribution in [3.05, 3.63) is 71.8 Å². The summed E-state index contributed by atoms with van der Waals surface area (Å²) in [6.45, 7) is 12.6. The van der Waals surface area contributed by atoms with Gasteiger partial charge in [0.1, 0.15) is 11.6 Å². The molecule has 9 nitrogen and oxygen atoms in total. The van der Waals surface area contributed by atoms with Gasteiger partial charge >= 0.3 is 5.97 Å². The lowest BCUT2D eigenvalue weighted by Gasteiger charge is -2.42. The predicted octanol–water partition coefficient (Wildman–Crippen LogP) is 5.06. The molecule has 1 atom stereocenters. The molecule has 1 aromatic carbocycles. The molecular formula is C34H51N7O2. The van der Waals surface area contributed by atoms with E-state index in [4.69, 9.17) is 10.1 Å². The van der Waals surface area contributed by atoms with E-state index in [2.05, 4.69) is 61.8 Å². The Morgan fingerprint density at radius 3 is 2.47 bits per heavy atom. The molecule has 9 heteroatoms. The maximum atomic E-state index is 10.9. The first-order valence-corrected chi connectivity index (χ1v) is 16.5. The topological polar surface area (TPSA) is 102 Å². The van der Waals surface area contributed by atoms with Crippen molar-refractivity contribution in [1.29, 1.82) is 0 Å². The van der Waals surface area contributed by atoms with Crippen molar-refractivity contribution in [2.24, 2.45) is 5.41 Å². The number of aryl methyl sites for hydroxylation is 2. The normalized spacial score (nSPS) is 18.1. The Kier molecular flexibility index (Phi) is 11.1. The van der Waals surface area contributed by atoms with Crippen LogP contribution in [-0.2, 0) is 30.7 Å². The number of piperidine rings is 1. The molecule has 2 aliphatic rings. The first kappa shape index (κ1) is 31.4. The number of hydrogen-bond donors (Lipinski definition) is 3. The minimum absolute atomic E-state index is 0.00663. The van der Waals surface area contributed by atoms with Crippen LogP contribution < -0.4 is 5.32 Å². The Labute approximate surface area is 257 Å². The fraction of sp³-hybridized carbons (Fsp3) is 0.618. The molecule has 3 N–H and O–H groups in total. The highest BCUT2D eigenvalue weighted by Gasteiger charge is 2.40. The number of aromatic amines is 1. The number of benzene rings is 1. The zero-order valence-electron chi connectivity index (χ0n) is 26.2. The first-order valence-electron chi connectivity index (χ1n) is 16.5. The van der Waals surface area contributed by atoms with E-state index in [1.807, 2.05) is 24.5 Å². The molecule has 0 radical (unpaired) electrons. The van der Waals surface area contributed by atoms with E-state index in [9.17, 15) is 4.79 Å². The molecule has 0 saturated carbocycles. The van der Waals surface area contributed by atoms with E-state index in [-0.39, 0.29) is 12.5 Å². The van der Waals surface area contributed by atoms with Crippen molar-refractivity contribution >= 4 is 5.97 Å². The lowest BCUT2D eigenvalue weighted by Crippen LogP contribution is -2.45. The second-order valence-electron chi connectivity index (χ2n) is 12.7. The second-order valence-corrected chi connectivity index (χ2v) is 12.7. The largest absolute Gasteiger partial charge is 0.481 e. The maximum absolute atomic E-state index is 10.9. The van der Waals surface area contributed by atoms with Crippen LogP contribution in [0, 0.1) is 5.41 Å². The van der Waals surface area contributed by atoms with E-state index in [1.165, 1.54) is 58.3 Å². The summed E-state index contributed by atoms with van der Waals surface area (Å²) in [6, 6.07) is 8.96. The maximum Gasteiger partial charge on any atom is 0.303 e. The standard InChI is InChI=1S/C34H51N7O2/c1-3-29(4-2)40-21-13-34(14-22-40)12-20-39(26-34)18-5-19-41-23-17-35-31(41)24-30(33-36-15-16-37-33)38-25-28-8-6-27(7-9-28)10-11-32(42)43/h6-9,15-17,23,29-30,38H,3-5,10-14,18-22,24-26H2,1-2H3,(H,36,37)(H,42,43). The summed E-state index contributed by atoms with van der Waals surface area (Å²) >= 11 is 0. The average Bonchev–Trinajstić information content (AvgIpc) is 3.79. The van der Waals surface area contributed by atoms with Crippen LogP contribution in [0.1, 0.15) is 87.6 Å². The summed E-state index contributed by atoms with van der Waals surface area (Å²) in [6.07, 6.45) is 16.9. The minimum Gasteiger partial charge on any atom is -0.481 e. The number of carboxylic acid groups (broad SMARTS) is 1. The average molecular weight is 590 g/mol. The second kappa shape index (κ2) is 15.1. The number of nitrogens with one attached hydrogen (secondary N) is 2. The Morgan fingerprint density at radius 2 is 1.77 bits per heavy atom. The number of aliphatic carboxylic acids is 1. The molecule has 0 bridgehead atoms. The van der Waals surface area contributed by atoms with Crippen molar-refractivity contribution < 1.29 is 9.90 Å². The van der Waals surface area contributed by atoms with Gasteiger partial charge in [0.2, 0.25) is 0 Å². The van der Waals surface area contributed by atoms with E-state index in [1.54, 1.807) is 6.20 Å². The highest BCUT2D eigenvalue weighted by Crippen LogP contribution is 2.41. The third kappa shape index (κ3) is 8.55. The van der Waals surface area contributed by atoms with Crippen LogP contribution in [0.4, 0.5) is 0 Å². The number of imidazole rings is 2. The van der Waals surface area contributed by atoms with Gasteiger partial charge in [0.25, 0.3) is 0 Å². The summed E-state index contributed by atoms with van der Waals surface area (Å²) in [4.78, 5) is 28.9. The van der Waals surface area contributed by atoms with E-state index in [0.717, 1.165) is 54.7 Å². The van der Waals surface area contributed by atoms with Crippen molar-refractivity contribution in [2.75, 3.05) is 32.7 Å². The van der Waals surface area contributed by atoms with Gasteiger partial charge in [-0.15, -0.1) is 0 Å². The molecule has 2 saturated heterocycles. The molecule has 234 valence electrons. The molecule has 0 aliphatic carbocycles. The summed E-state index contributed by atoms with van der Waals surface area (Å²) < 4.78 is 2.31. The summed E-state index contributed by atoms with van der Waals surface area (Å²) in [5.41, 5.74) is 2.74. The number of H-pyrrole nitrogens is 1. The lowest BCUT2D eigenvalue weighted by molar-refractivity contribution is -0.136. The third-order valence-corrected chi connectivity index (χ3v) is 9.95. The molecule has 2 aromatic heterocycles. The quantitative estimate of drug-likeness (QED) is 0.215. The van der Waals surface area contributed by atoms with Crippen molar-refractivity contribution in [3.63, 3.8) is 0 Å². The van der Waals surface area contributed by atoms with E-state index in [0.29, 0.717) is 18.4 Å². The summed E-state index contributed by atoms with van der Waals surface area (Å²) in [7, 11) is 0. The van der Waals surface area contributed by atoms with Crippen LogP contribution >= 0.6 is 0 Å².